The zero-order valence-electron chi connectivity index (χ0n) is 3.02. The predicted octanol–water partition coefficient (Wildman–Crippen LogP) is 1.65. The molecule has 0 spiro atoms. The fraction of sp³-hybridized carbons (Fsp3) is 0.333. The lowest BCUT2D eigenvalue weighted by Crippen LogP contribution is -1.62. The molecule has 0 fully saturated rings. The van der Waals surface area contributed by atoms with Gasteiger partial charge >= 0.3 is 0 Å². The minimum Gasteiger partial charge on any atom is -0.265 e. The van der Waals surface area contributed by atoms with Gasteiger partial charge in [0.2, 0.25) is 0 Å². The Bertz CT molecular complexity index is 80.9. The van der Waals surface area contributed by atoms with Crippen LogP contribution in [0.4, 0.5) is 0 Å². The molecule has 1 aliphatic heterocycles. The van der Waals surface area contributed by atoms with Crippen LogP contribution in [0.5, 0.6) is 0 Å². The summed E-state index contributed by atoms with van der Waals surface area (Å²) >= 11 is 4.93. The molecule has 1 aliphatic rings. The van der Waals surface area contributed by atoms with E-state index in [0.29, 0.717) is 0 Å². The molecule has 3 heteroatoms. The van der Waals surface area contributed by atoms with E-state index in [-0.39, 0.29) is 0 Å². The Morgan fingerprint density at radius 1 is 2.00 bits per heavy atom. The maximum atomic E-state index is 3.91. The van der Waals surface area contributed by atoms with Crippen LogP contribution in [-0.4, -0.2) is 9.71 Å². The molecule has 0 saturated carbocycles. The molecule has 0 saturated heterocycles. The third-order valence-electron chi connectivity index (χ3n) is 0.470. The van der Waals surface area contributed by atoms with Crippen molar-refractivity contribution < 1.29 is 0 Å². The molecule has 1 nitrogen and oxygen atoms in total. The maximum Gasteiger partial charge on any atom is 0.134 e. The van der Waals surface area contributed by atoms with Crippen LogP contribution < -0.4 is 0 Å². The molecule has 1 rings (SSSR count). The van der Waals surface area contributed by atoms with Gasteiger partial charge < -0.3 is 0 Å². The van der Waals surface area contributed by atoms with Gasteiger partial charge in [-0.25, -0.2) is 0 Å². The fourth-order valence-corrected chi connectivity index (χ4v) is 1.23. The number of nitrogens with zero attached hydrogens (tertiary/aromatic N) is 1. The molecular formula is C3H3BrNS. The van der Waals surface area contributed by atoms with Crippen molar-refractivity contribution in [2.45, 2.75) is 0 Å². The molecule has 0 bridgehead atoms. The van der Waals surface area contributed by atoms with Crippen LogP contribution >= 0.6 is 27.7 Å². The second kappa shape index (κ2) is 1.98. The first-order valence-electron chi connectivity index (χ1n) is 1.57. The Kier molecular flexibility index (Phi) is 1.54. The van der Waals surface area contributed by atoms with E-state index in [2.05, 4.69) is 20.9 Å². The standard InChI is InChI=1S/C3H3BrNS/c4-3-5-1-2-6-3/h1H,2H2. The quantitative estimate of drug-likeness (QED) is 0.531. The SMILES string of the molecule is BrC1=N[CH]CS1. The van der Waals surface area contributed by atoms with Crippen molar-refractivity contribution in [1.29, 1.82) is 0 Å². The normalized spacial score (nSPS) is 21.2. The van der Waals surface area contributed by atoms with Crippen LogP contribution in [0.25, 0.3) is 0 Å². The van der Waals surface area contributed by atoms with Gasteiger partial charge in [-0.05, 0) is 15.9 Å². The van der Waals surface area contributed by atoms with E-state index >= 15 is 0 Å². The van der Waals surface area contributed by atoms with Crippen LogP contribution in [0.1, 0.15) is 0 Å². The predicted molar refractivity (Wildman–Crippen MR) is 33.1 cm³/mol. The third-order valence-corrected chi connectivity index (χ3v) is 2.02. The number of halogens is 1. The van der Waals surface area contributed by atoms with Crippen LogP contribution in [0, 0.1) is 6.54 Å². The van der Waals surface area contributed by atoms with Crippen LogP contribution in [-0.2, 0) is 0 Å². The average molecular weight is 165 g/mol. The number of rotatable bonds is 0. The van der Waals surface area contributed by atoms with E-state index in [1.54, 1.807) is 11.8 Å². The second-order valence-corrected chi connectivity index (χ2v) is 3.16. The highest BCUT2D eigenvalue weighted by Gasteiger charge is 2.00. The number of thioether (sulfide) groups is 1. The van der Waals surface area contributed by atoms with Crippen LogP contribution in [0.2, 0.25) is 0 Å². The molecule has 33 valence electrons. The van der Waals surface area contributed by atoms with Gasteiger partial charge in [0.25, 0.3) is 0 Å². The highest BCUT2D eigenvalue weighted by molar-refractivity contribution is 9.22. The topological polar surface area (TPSA) is 12.4 Å². The van der Waals surface area contributed by atoms with Gasteiger partial charge in [0.15, 0.2) is 0 Å². The van der Waals surface area contributed by atoms with E-state index in [1.165, 1.54) is 0 Å². The number of aliphatic imine (C=N–C) groups is 1. The van der Waals surface area contributed by atoms with E-state index in [9.17, 15) is 0 Å². The first-order chi connectivity index (χ1) is 2.89. The molecule has 0 atom stereocenters. The van der Waals surface area contributed by atoms with E-state index in [4.69, 9.17) is 0 Å². The van der Waals surface area contributed by atoms with Crippen molar-refractivity contribution in [1.82, 2.24) is 0 Å². The summed E-state index contributed by atoms with van der Waals surface area (Å²) in [5.74, 6) is 1.03. The lowest BCUT2D eigenvalue weighted by atomic mass is 10.8. The van der Waals surface area contributed by atoms with Gasteiger partial charge in [-0.3, -0.25) is 4.99 Å². The van der Waals surface area contributed by atoms with E-state index in [1.807, 2.05) is 6.54 Å². The summed E-state index contributed by atoms with van der Waals surface area (Å²) in [6.45, 7) is 1.88. The van der Waals surface area contributed by atoms with Crippen molar-refractivity contribution in [2.75, 3.05) is 5.75 Å². The fourth-order valence-electron chi connectivity index (χ4n) is 0.252. The molecule has 0 N–H and O–H groups in total. The van der Waals surface area contributed by atoms with Crippen molar-refractivity contribution in [3.8, 4) is 0 Å². The highest BCUT2D eigenvalue weighted by Crippen LogP contribution is 2.18. The lowest BCUT2D eigenvalue weighted by Gasteiger charge is -1.73. The molecule has 1 heterocycles. The van der Waals surface area contributed by atoms with Gasteiger partial charge in [0.1, 0.15) is 3.95 Å². The minimum atomic E-state index is 1.00. The van der Waals surface area contributed by atoms with Gasteiger partial charge in [-0.1, -0.05) is 11.8 Å². The zero-order chi connectivity index (χ0) is 4.41. The third kappa shape index (κ3) is 0.980. The highest BCUT2D eigenvalue weighted by atomic mass is 79.9. The molecule has 0 aromatic heterocycles. The number of hydrogen-bond donors (Lipinski definition) is 0. The monoisotopic (exact) mass is 164 g/mol. The number of hydrogen-bond acceptors (Lipinski definition) is 2. The lowest BCUT2D eigenvalue weighted by molar-refractivity contribution is 1.37. The van der Waals surface area contributed by atoms with E-state index in [0.717, 1.165) is 9.71 Å². The molecule has 0 aromatic carbocycles. The first-order valence-corrected chi connectivity index (χ1v) is 3.35. The molecule has 1 radical (unpaired) electrons. The van der Waals surface area contributed by atoms with Crippen molar-refractivity contribution in [3.05, 3.63) is 6.54 Å². The summed E-state index contributed by atoms with van der Waals surface area (Å²) in [6, 6.07) is 0. The van der Waals surface area contributed by atoms with Gasteiger partial charge in [-0.2, -0.15) is 0 Å². The first kappa shape index (κ1) is 4.65. The summed E-state index contributed by atoms with van der Waals surface area (Å²) < 4.78 is 1.00. The van der Waals surface area contributed by atoms with Crippen molar-refractivity contribution >= 4 is 31.6 Å². The summed E-state index contributed by atoms with van der Waals surface area (Å²) in [5, 5.41) is 0. The summed E-state index contributed by atoms with van der Waals surface area (Å²) in [4.78, 5) is 3.91. The summed E-state index contributed by atoms with van der Waals surface area (Å²) in [6.07, 6.45) is 0. The maximum absolute atomic E-state index is 3.91. The molecule has 0 aromatic rings. The van der Waals surface area contributed by atoms with Crippen molar-refractivity contribution in [3.63, 3.8) is 0 Å². The van der Waals surface area contributed by atoms with Gasteiger partial charge in [-0.15, -0.1) is 0 Å². The Morgan fingerprint density at radius 2 is 2.83 bits per heavy atom. The second-order valence-electron chi connectivity index (χ2n) is 0.876. The van der Waals surface area contributed by atoms with Crippen LogP contribution in [0.3, 0.4) is 0 Å². The zero-order valence-corrected chi connectivity index (χ0v) is 5.42. The molecule has 0 amide bonds. The molecule has 0 unspecified atom stereocenters. The smallest absolute Gasteiger partial charge is 0.134 e. The summed E-state index contributed by atoms with van der Waals surface area (Å²) in [5.41, 5.74) is 0. The molecule has 0 aliphatic carbocycles. The van der Waals surface area contributed by atoms with Crippen LogP contribution in [0.15, 0.2) is 4.99 Å². The Balaban J connectivity index is 2.45. The average Bonchev–Trinajstić information content (AvgIpc) is 1.86. The van der Waals surface area contributed by atoms with Gasteiger partial charge in [0.05, 0.1) is 6.54 Å². The Morgan fingerprint density at radius 3 is 3.00 bits per heavy atom. The Hall–Kier alpha value is 0.500. The largest absolute Gasteiger partial charge is 0.265 e. The van der Waals surface area contributed by atoms with E-state index < -0.39 is 0 Å². The molecular weight excluding hydrogens is 162 g/mol. The van der Waals surface area contributed by atoms with Crippen molar-refractivity contribution in [2.24, 2.45) is 4.99 Å². The van der Waals surface area contributed by atoms with Gasteiger partial charge in [0, 0.05) is 5.75 Å². The Labute approximate surface area is 49.3 Å². The minimum absolute atomic E-state index is 1.00. The summed E-state index contributed by atoms with van der Waals surface area (Å²) in [7, 11) is 0. The molecule has 6 heavy (non-hydrogen) atoms.